The third kappa shape index (κ3) is 3.96. The lowest BCUT2D eigenvalue weighted by Crippen LogP contribution is -2.42. The van der Waals surface area contributed by atoms with Crippen molar-refractivity contribution in [2.75, 3.05) is 20.3 Å². The monoisotopic (exact) mass is 341 g/mol. The summed E-state index contributed by atoms with van der Waals surface area (Å²) >= 11 is 0. The second-order valence-corrected chi connectivity index (χ2v) is 6.64. The van der Waals surface area contributed by atoms with E-state index in [-0.39, 0.29) is 11.2 Å². The summed E-state index contributed by atoms with van der Waals surface area (Å²) in [6.45, 7) is 5.89. The molecule has 0 aliphatic carbocycles. The molecule has 0 amide bonds. The molecule has 1 N–H and O–H groups in total. The molecule has 1 atom stereocenters. The molecule has 2 aromatic rings. The van der Waals surface area contributed by atoms with Crippen molar-refractivity contribution in [3.05, 3.63) is 41.9 Å². The second kappa shape index (κ2) is 7.19. The van der Waals surface area contributed by atoms with Crippen LogP contribution in [0.2, 0.25) is 0 Å². The van der Waals surface area contributed by atoms with Crippen molar-refractivity contribution >= 4 is 5.97 Å². The van der Waals surface area contributed by atoms with Gasteiger partial charge >= 0.3 is 5.97 Å². The predicted octanol–water partition coefficient (Wildman–Crippen LogP) is 2.76. The largest absolute Gasteiger partial charge is 0.491 e. The van der Waals surface area contributed by atoms with Gasteiger partial charge in [0.25, 0.3) is 0 Å². The Kier molecular flexibility index (Phi) is 4.99. The number of nitrogens with zero attached hydrogens (tertiary/aromatic N) is 2. The Morgan fingerprint density at radius 1 is 1.36 bits per heavy atom. The number of ether oxygens (including phenoxy) is 2. The van der Waals surface area contributed by atoms with Gasteiger partial charge in [-0.2, -0.15) is 0 Å². The van der Waals surface area contributed by atoms with Gasteiger partial charge in [-0.15, -0.1) is 0 Å². The third-order valence-corrected chi connectivity index (χ3v) is 4.50. The van der Waals surface area contributed by atoms with Crippen LogP contribution in [0.1, 0.15) is 35.8 Å². The highest BCUT2D eigenvalue weighted by Gasteiger charge is 2.28. The molecule has 1 aliphatic rings. The predicted molar refractivity (Wildman–Crippen MR) is 94.7 cm³/mol. The fourth-order valence-corrected chi connectivity index (χ4v) is 3.00. The highest BCUT2D eigenvalue weighted by atomic mass is 16.5. The highest BCUT2D eigenvalue weighted by molar-refractivity contribution is 5.87. The zero-order chi connectivity index (χ0) is 17.9. The van der Waals surface area contributed by atoms with Crippen LogP contribution in [0.15, 0.2) is 30.6 Å². The summed E-state index contributed by atoms with van der Waals surface area (Å²) in [6.07, 6.45) is 5.34. The van der Waals surface area contributed by atoms with Crippen LogP contribution in [0.4, 0.5) is 0 Å². The van der Waals surface area contributed by atoms with Gasteiger partial charge in [0.05, 0.1) is 25.2 Å². The molecule has 1 aliphatic heterocycles. The van der Waals surface area contributed by atoms with E-state index in [0.29, 0.717) is 12.3 Å². The van der Waals surface area contributed by atoms with Gasteiger partial charge in [-0.1, -0.05) is 0 Å². The van der Waals surface area contributed by atoms with Crippen molar-refractivity contribution in [2.45, 2.75) is 32.2 Å². The van der Waals surface area contributed by atoms with Crippen molar-refractivity contribution in [3.63, 3.8) is 0 Å². The van der Waals surface area contributed by atoms with E-state index in [4.69, 9.17) is 9.47 Å². The maximum Gasteiger partial charge on any atom is 0.358 e. The molecular weight excluding hydrogens is 318 g/mol. The molecule has 0 saturated carbocycles. The Hall–Kier alpha value is -2.47. The van der Waals surface area contributed by atoms with E-state index in [0.717, 1.165) is 29.8 Å². The first-order valence-electron chi connectivity index (χ1n) is 8.40. The van der Waals surface area contributed by atoms with Gasteiger partial charge in [-0.3, -0.25) is 4.98 Å². The summed E-state index contributed by atoms with van der Waals surface area (Å²) < 4.78 is 10.7. The molecule has 0 radical (unpaired) electrons. The standard InChI is InChI=1S/C19H23N3O3/c1-13-9-14(15-10-20-11-16(22-15)18(23)24-3)5-6-17(13)25-12-19(2)7-4-8-21-19/h5-6,9-11,21H,4,7-8,12H2,1-3H3/t19-/m0/s1. The van der Waals surface area contributed by atoms with Crippen molar-refractivity contribution < 1.29 is 14.3 Å². The smallest absolute Gasteiger partial charge is 0.358 e. The fraction of sp³-hybridized carbons (Fsp3) is 0.421. The summed E-state index contributed by atoms with van der Waals surface area (Å²) in [5.74, 6) is 0.360. The number of aromatic nitrogens is 2. The summed E-state index contributed by atoms with van der Waals surface area (Å²) in [5, 5.41) is 3.50. The molecular formula is C19H23N3O3. The maximum atomic E-state index is 11.6. The second-order valence-electron chi connectivity index (χ2n) is 6.64. The summed E-state index contributed by atoms with van der Waals surface area (Å²) in [5.41, 5.74) is 2.77. The summed E-state index contributed by atoms with van der Waals surface area (Å²) in [6, 6.07) is 5.86. The lowest BCUT2D eigenvalue weighted by atomic mass is 10.0. The molecule has 0 bridgehead atoms. The van der Waals surface area contributed by atoms with Crippen LogP contribution in [0.25, 0.3) is 11.3 Å². The first kappa shape index (κ1) is 17.4. The van der Waals surface area contributed by atoms with E-state index in [1.54, 1.807) is 6.20 Å². The van der Waals surface area contributed by atoms with Crippen LogP contribution in [0, 0.1) is 6.92 Å². The Morgan fingerprint density at radius 3 is 2.88 bits per heavy atom. The molecule has 6 heteroatoms. The SMILES string of the molecule is COC(=O)c1cncc(-c2ccc(OC[C@]3(C)CCCN3)c(C)c2)n1. The lowest BCUT2D eigenvalue weighted by molar-refractivity contribution is 0.0593. The van der Waals surface area contributed by atoms with Gasteiger partial charge < -0.3 is 14.8 Å². The number of carbonyl (C=O) groups is 1. The topological polar surface area (TPSA) is 73.3 Å². The van der Waals surface area contributed by atoms with Crippen molar-refractivity contribution in [1.29, 1.82) is 0 Å². The molecule has 0 unspecified atom stereocenters. The van der Waals surface area contributed by atoms with E-state index in [2.05, 4.69) is 22.2 Å². The molecule has 2 heterocycles. The van der Waals surface area contributed by atoms with Gasteiger partial charge in [0, 0.05) is 11.1 Å². The van der Waals surface area contributed by atoms with E-state index < -0.39 is 5.97 Å². The fourth-order valence-electron chi connectivity index (χ4n) is 3.00. The van der Waals surface area contributed by atoms with E-state index >= 15 is 0 Å². The van der Waals surface area contributed by atoms with Gasteiger partial charge in [-0.05, 0) is 57.0 Å². The van der Waals surface area contributed by atoms with Gasteiger partial charge in [0.2, 0.25) is 0 Å². The first-order chi connectivity index (χ1) is 12.0. The third-order valence-electron chi connectivity index (χ3n) is 4.50. The number of methoxy groups -OCH3 is 1. The van der Waals surface area contributed by atoms with Crippen LogP contribution < -0.4 is 10.1 Å². The van der Waals surface area contributed by atoms with E-state index in [1.807, 2.05) is 25.1 Å². The first-order valence-corrected chi connectivity index (χ1v) is 8.40. The number of rotatable bonds is 5. The molecule has 132 valence electrons. The molecule has 0 spiro atoms. The summed E-state index contributed by atoms with van der Waals surface area (Å²) in [4.78, 5) is 20.0. The maximum absolute atomic E-state index is 11.6. The van der Waals surface area contributed by atoms with Gasteiger partial charge in [0.1, 0.15) is 12.4 Å². The van der Waals surface area contributed by atoms with Gasteiger partial charge in [-0.25, -0.2) is 9.78 Å². The number of nitrogens with one attached hydrogen (secondary N) is 1. The Balaban J connectivity index is 1.76. The number of hydrogen-bond donors (Lipinski definition) is 1. The van der Waals surface area contributed by atoms with E-state index in [9.17, 15) is 4.79 Å². The minimum absolute atomic E-state index is 0.0471. The molecule has 3 rings (SSSR count). The molecule has 1 aromatic heterocycles. The van der Waals surface area contributed by atoms with Crippen LogP contribution in [0.3, 0.4) is 0 Å². The van der Waals surface area contributed by atoms with Crippen molar-refractivity contribution in [1.82, 2.24) is 15.3 Å². The quantitative estimate of drug-likeness (QED) is 0.843. The van der Waals surface area contributed by atoms with Crippen molar-refractivity contribution in [2.24, 2.45) is 0 Å². The van der Waals surface area contributed by atoms with Crippen molar-refractivity contribution in [3.8, 4) is 17.0 Å². The highest BCUT2D eigenvalue weighted by Crippen LogP contribution is 2.27. The van der Waals surface area contributed by atoms with E-state index in [1.165, 1.54) is 19.7 Å². The molecule has 6 nitrogen and oxygen atoms in total. The average Bonchev–Trinajstić information content (AvgIpc) is 3.07. The lowest BCUT2D eigenvalue weighted by Gasteiger charge is -2.25. The molecule has 1 saturated heterocycles. The zero-order valence-corrected chi connectivity index (χ0v) is 14.8. The normalized spacial score (nSPS) is 19.6. The number of benzene rings is 1. The molecule has 25 heavy (non-hydrogen) atoms. The number of carbonyl (C=O) groups excluding carboxylic acids is 1. The number of esters is 1. The van der Waals surface area contributed by atoms with Gasteiger partial charge in [0.15, 0.2) is 5.69 Å². The molecule has 1 aromatic carbocycles. The Bertz CT molecular complexity index is 770. The minimum atomic E-state index is -0.497. The van der Waals surface area contributed by atoms with Crippen LogP contribution in [0.5, 0.6) is 5.75 Å². The summed E-state index contributed by atoms with van der Waals surface area (Å²) in [7, 11) is 1.33. The number of aryl methyl sites for hydroxylation is 1. The Labute approximate surface area is 147 Å². The molecule has 1 fully saturated rings. The number of hydrogen-bond acceptors (Lipinski definition) is 6. The van der Waals surface area contributed by atoms with Crippen LogP contribution in [-0.4, -0.2) is 41.7 Å². The van der Waals surface area contributed by atoms with Crippen LogP contribution in [-0.2, 0) is 4.74 Å². The average molecular weight is 341 g/mol. The minimum Gasteiger partial charge on any atom is -0.491 e. The van der Waals surface area contributed by atoms with Crippen LogP contribution >= 0.6 is 0 Å². The Morgan fingerprint density at radius 2 is 2.20 bits per heavy atom. The zero-order valence-electron chi connectivity index (χ0n) is 14.8.